The van der Waals surface area contributed by atoms with Gasteiger partial charge in [0.2, 0.25) is 5.90 Å². The molecule has 0 unspecified atom stereocenters. The van der Waals surface area contributed by atoms with E-state index >= 15 is 0 Å². The number of benzene rings is 2. The zero-order valence-corrected chi connectivity index (χ0v) is 13.3. The summed E-state index contributed by atoms with van der Waals surface area (Å²) in [4.78, 5) is 26.5. The van der Waals surface area contributed by atoms with Gasteiger partial charge in [0.1, 0.15) is 5.02 Å². The number of carbonyl (C=O) groups excluding carboxylic acids is 1. The molecule has 0 saturated carbocycles. The van der Waals surface area contributed by atoms with E-state index in [-0.39, 0.29) is 22.3 Å². The van der Waals surface area contributed by atoms with Crippen LogP contribution < -0.4 is 0 Å². The van der Waals surface area contributed by atoms with Crippen LogP contribution in [0.1, 0.15) is 16.7 Å². The van der Waals surface area contributed by atoms with E-state index in [1.165, 1.54) is 18.2 Å². The maximum Gasteiger partial charge on any atom is 0.363 e. The van der Waals surface area contributed by atoms with Gasteiger partial charge in [0.05, 0.1) is 4.92 Å². The van der Waals surface area contributed by atoms with Gasteiger partial charge in [0, 0.05) is 11.6 Å². The lowest BCUT2D eigenvalue weighted by Gasteiger charge is -2.00. The molecule has 2 aromatic rings. The third-order valence-corrected chi connectivity index (χ3v) is 3.81. The van der Waals surface area contributed by atoms with Crippen molar-refractivity contribution >= 4 is 35.2 Å². The van der Waals surface area contributed by atoms with Crippen molar-refractivity contribution < 1.29 is 14.5 Å². The minimum absolute atomic E-state index is 0.00403. The number of nitrogens with zero attached hydrogens (tertiary/aromatic N) is 2. The first kappa shape index (κ1) is 15.9. The van der Waals surface area contributed by atoms with Gasteiger partial charge in [-0.1, -0.05) is 35.9 Å². The largest absolute Gasteiger partial charge is 0.402 e. The minimum atomic E-state index is -0.606. The molecule has 24 heavy (non-hydrogen) atoms. The Morgan fingerprint density at radius 1 is 1.25 bits per heavy atom. The topological polar surface area (TPSA) is 81.8 Å². The van der Waals surface area contributed by atoms with Gasteiger partial charge in [-0.15, -0.1) is 0 Å². The number of cyclic esters (lactones) is 1. The van der Waals surface area contributed by atoms with Gasteiger partial charge in [0.15, 0.2) is 5.70 Å². The highest BCUT2D eigenvalue weighted by Gasteiger charge is 2.26. The second-order valence-corrected chi connectivity index (χ2v) is 5.52. The molecule has 7 heteroatoms. The fourth-order valence-corrected chi connectivity index (χ4v) is 2.40. The summed E-state index contributed by atoms with van der Waals surface area (Å²) in [6, 6.07) is 11.6. The molecule has 0 amide bonds. The number of hydrogen-bond acceptors (Lipinski definition) is 5. The van der Waals surface area contributed by atoms with Gasteiger partial charge >= 0.3 is 5.97 Å². The van der Waals surface area contributed by atoms with E-state index in [9.17, 15) is 14.9 Å². The molecule has 1 aliphatic heterocycles. The number of esters is 1. The first-order chi connectivity index (χ1) is 11.5. The van der Waals surface area contributed by atoms with Gasteiger partial charge in [-0.05, 0) is 36.3 Å². The van der Waals surface area contributed by atoms with E-state index in [2.05, 4.69) is 4.99 Å². The van der Waals surface area contributed by atoms with E-state index in [1.807, 2.05) is 31.2 Å². The molecule has 0 saturated heterocycles. The molecule has 1 heterocycles. The van der Waals surface area contributed by atoms with Crippen LogP contribution in [0.3, 0.4) is 0 Å². The van der Waals surface area contributed by atoms with Gasteiger partial charge in [-0.2, -0.15) is 0 Å². The molecule has 0 fully saturated rings. The molecule has 1 aliphatic rings. The van der Waals surface area contributed by atoms with Crippen LogP contribution in [0.15, 0.2) is 53.2 Å². The van der Waals surface area contributed by atoms with Crippen LogP contribution in [0.4, 0.5) is 5.69 Å². The Labute approximate surface area is 142 Å². The van der Waals surface area contributed by atoms with Crippen molar-refractivity contribution in [2.45, 2.75) is 6.92 Å². The van der Waals surface area contributed by atoms with Crippen LogP contribution in [0.5, 0.6) is 0 Å². The maximum absolute atomic E-state index is 12.0. The summed E-state index contributed by atoms with van der Waals surface area (Å²) in [5.41, 5.74) is 2.01. The molecule has 0 spiro atoms. The predicted octanol–water partition coefficient (Wildman–Crippen LogP) is 3.90. The number of aryl methyl sites for hydroxylation is 1. The van der Waals surface area contributed by atoms with Gasteiger partial charge < -0.3 is 4.74 Å². The van der Waals surface area contributed by atoms with Crippen molar-refractivity contribution in [2.24, 2.45) is 4.99 Å². The van der Waals surface area contributed by atoms with E-state index in [4.69, 9.17) is 16.3 Å². The smallest absolute Gasteiger partial charge is 0.363 e. The van der Waals surface area contributed by atoms with E-state index in [0.29, 0.717) is 5.56 Å². The summed E-state index contributed by atoms with van der Waals surface area (Å²) in [5.74, 6) is -0.592. The molecule has 0 aliphatic carbocycles. The summed E-state index contributed by atoms with van der Waals surface area (Å²) in [5, 5.41) is 11.0. The van der Waals surface area contributed by atoms with Crippen LogP contribution in [0.2, 0.25) is 5.02 Å². The predicted molar refractivity (Wildman–Crippen MR) is 89.9 cm³/mol. The Kier molecular flexibility index (Phi) is 4.14. The SMILES string of the molecule is Cc1ccccc1/C=C1/N=C(c2ccc(Cl)c([N+](=O)[O-])c2)OC1=O. The van der Waals surface area contributed by atoms with Crippen molar-refractivity contribution in [3.63, 3.8) is 0 Å². The van der Waals surface area contributed by atoms with Crippen LogP contribution in [0.25, 0.3) is 6.08 Å². The van der Waals surface area contributed by atoms with Gasteiger partial charge in [0.25, 0.3) is 5.69 Å². The fraction of sp³-hybridized carbons (Fsp3) is 0.0588. The molecular weight excluding hydrogens is 332 g/mol. The summed E-state index contributed by atoms with van der Waals surface area (Å²) in [6.07, 6.45) is 1.62. The number of aliphatic imine (C=N–C) groups is 1. The van der Waals surface area contributed by atoms with Crippen molar-refractivity contribution in [3.8, 4) is 0 Å². The Balaban J connectivity index is 2.00. The average molecular weight is 343 g/mol. The van der Waals surface area contributed by atoms with E-state index in [0.717, 1.165) is 11.1 Å². The van der Waals surface area contributed by atoms with Crippen LogP contribution in [-0.2, 0) is 9.53 Å². The van der Waals surface area contributed by atoms with Crippen LogP contribution in [0, 0.1) is 17.0 Å². The average Bonchev–Trinajstić information content (AvgIpc) is 2.91. The Morgan fingerprint density at radius 2 is 2.00 bits per heavy atom. The third kappa shape index (κ3) is 3.04. The molecule has 0 radical (unpaired) electrons. The highest BCUT2D eigenvalue weighted by molar-refractivity contribution is 6.32. The molecule has 3 rings (SSSR count). The third-order valence-electron chi connectivity index (χ3n) is 3.49. The molecule has 0 N–H and O–H groups in total. The summed E-state index contributed by atoms with van der Waals surface area (Å²) >= 11 is 5.78. The second kappa shape index (κ2) is 6.25. The molecule has 120 valence electrons. The maximum atomic E-state index is 12.0. The van der Waals surface area contributed by atoms with Crippen molar-refractivity contribution in [3.05, 3.63) is 80.0 Å². The van der Waals surface area contributed by atoms with Crippen LogP contribution >= 0.6 is 11.6 Å². The zero-order valence-electron chi connectivity index (χ0n) is 12.5. The number of halogens is 1. The number of rotatable bonds is 3. The van der Waals surface area contributed by atoms with E-state index < -0.39 is 10.9 Å². The van der Waals surface area contributed by atoms with Crippen molar-refractivity contribution in [1.29, 1.82) is 0 Å². The molecular formula is C17H11ClN2O4. The van der Waals surface area contributed by atoms with E-state index in [1.54, 1.807) is 6.08 Å². The Bertz CT molecular complexity index is 919. The normalized spacial score (nSPS) is 15.3. The Morgan fingerprint density at radius 3 is 2.71 bits per heavy atom. The Hall–Kier alpha value is -2.99. The molecule has 6 nitrogen and oxygen atoms in total. The van der Waals surface area contributed by atoms with Gasteiger partial charge in [-0.25, -0.2) is 9.79 Å². The number of nitro benzene ring substituents is 1. The first-order valence-corrected chi connectivity index (χ1v) is 7.36. The number of nitro groups is 1. The lowest BCUT2D eigenvalue weighted by molar-refractivity contribution is -0.384. The first-order valence-electron chi connectivity index (χ1n) is 6.98. The fourth-order valence-electron chi connectivity index (χ4n) is 2.21. The number of ether oxygens (including phenoxy) is 1. The molecule has 0 aromatic heterocycles. The van der Waals surface area contributed by atoms with Crippen molar-refractivity contribution in [1.82, 2.24) is 0 Å². The summed E-state index contributed by atoms with van der Waals surface area (Å²) in [7, 11) is 0. The number of carbonyl (C=O) groups is 1. The van der Waals surface area contributed by atoms with Gasteiger partial charge in [-0.3, -0.25) is 10.1 Å². The summed E-state index contributed by atoms with van der Waals surface area (Å²) in [6.45, 7) is 1.92. The lowest BCUT2D eigenvalue weighted by Crippen LogP contribution is -2.06. The monoisotopic (exact) mass is 342 g/mol. The van der Waals surface area contributed by atoms with Crippen LogP contribution in [-0.4, -0.2) is 16.8 Å². The highest BCUT2D eigenvalue weighted by Crippen LogP contribution is 2.27. The standard InChI is InChI=1S/C17H11ClN2O4/c1-10-4-2-3-5-11(10)8-14-17(21)24-16(19-14)12-6-7-13(18)15(9-12)20(22)23/h2-9H,1H3/b14-8+. The highest BCUT2D eigenvalue weighted by atomic mass is 35.5. The molecule has 0 atom stereocenters. The van der Waals surface area contributed by atoms with Crippen molar-refractivity contribution in [2.75, 3.05) is 0 Å². The quantitative estimate of drug-likeness (QED) is 0.366. The summed E-state index contributed by atoms with van der Waals surface area (Å²) < 4.78 is 5.12. The molecule has 0 bridgehead atoms. The molecule has 2 aromatic carbocycles. The second-order valence-electron chi connectivity index (χ2n) is 5.12. The lowest BCUT2D eigenvalue weighted by atomic mass is 10.1. The zero-order chi connectivity index (χ0) is 17.3. The number of hydrogen-bond donors (Lipinski definition) is 0. The minimum Gasteiger partial charge on any atom is -0.402 e.